The zero-order valence-electron chi connectivity index (χ0n) is 7.21. The molecule has 0 unspecified atom stereocenters. The fraction of sp³-hybridized carbons (Fsp3) is 0.222. The third kappa shape index (κ3) is 3.52. The molecule has 0 spiro atoms. The van der Waals surface area contributed by atoms with Crippen LogP contribution in [0.5, 0.6) is 0 Å². The van der Waals surface area contributed by atoms with Crippen molar-refractivity contribution < 1.29 is 9.23 Å². The molecule has 1 aromatic carbocycles. The Bertz CT molecular complexity index is 313. The van der Waals surface area contributed by atoms with Gasteiger partial charge in [-0.25, -0.2) is 4.39 Å². The van der Waals surface area contributed by atoms with Gasteiger partial charge >= 0.3 is 0 Å². The van der Waals surface area contributed by atoms with Gasteiger partial charge in [-0.3, -0.25) is 0 Å². The standard InChI is InChI=1S/C9H8Cl2FNO/c10-8-3-1-7(2-4-8)9(11)13-14-6-5-12/h1-4H,5-6H2/b13-9-. The maximum absolute atomic E-state index is 11.6. The summed E-state index contributed by atoms with van der Waals surface area (Å²) in [6, 6.07) is 6.77. The highest BCUT2D eigenvalue weighted by atomic mass is 35.5. The first kappa shape index (κ1) is 11.3. The van der Waals surface area contributed by atoms with Crippen LogP contribution in [-0.2, 0) is 4.84 Å². The number of hydrogen-bond donors (Lipinski definition) is 0. The van der Waals surface area contributed by atoms with E-state index in [2.05, 4.69) is 9.99 Å². The van der Waals surface area contributed by atoms with Crippen molar-refractivity contribution >= 4 is 28.4 Å². The van der Waals surface area contributed by atoms with Gasteiger partial charge in [-0.1, -0.05) is 40.5 Å². The predicted octanol–water partition coefficient (Wildman–Crippen LogP) is 3.23. The van der Waals surface area contributed by atoms with Crippen molar-refractivity contribution in [2.24, 2.45) is 5.16 Å². The highest BCUT2D eigenvalue weighted by Gasteiger charge is 1.99. The van der Waals surface area contributed by atoms with Crippen LogP contribution in [0, 0.1) is 0 Å². The number of halogens is 3. The van der Waals surface area contributed by atoms with Gasteiger partial charge in [0.2, 0.25) is 0 Å². The van der Waals surface area contributed by atoms with Crippen LogP contribution >= 0.6 is 23.2 Å². The maximum Gasteiger partial charge on any atom is 0.175 e. The van der Waals surface area contributed by atoms with Gasteiger partial charge < -0.3 is 4.84 Å². The minimum absolute atomic E-state index is 0.0934. The fourth-order valence-corrected chi connectivity index (χ4v) is 1.08. The second kappa shape index (κ2) is 5.83. The Morgan fingerprint density at radius 1 is 1.36 bits per heavy atom. The lowest BCUT2D eigenvalue weighted by Gasteiger charge is -1.98. The van der Waals surface area contributed by atoms with Crippen LogP contribution in [-0.4, -0.2) is 18.5 Å². The second-order valence-electron chi connectivity index (χ2n) is 2.41. The van der Waals surface area contributed by atoms with Gasteiger partial charge in [0.25, 0.3) is 0 Å². The average Bonchev–Trinajstić information content (AvgIpc) is 2.19. The van der Waals surface area contributed by atoms with Gasteiger partial charge in [0.15, 0.2) is 5.17 Å². The largest absolute Gasteiger partial charge is 0.392 e. The van der Waals surface area contributed by atoms with Gasteiger partial charge in [0, 0.05) is 10.6 Å². The van der Waals surface area contributed by atoms with Crippen molar-refractivity contribution in [2.45, 2.75) is 0 Å². The van der Waals surface area contributed by atoms with Crippen LogP contribution in [0.25, 0.3) is 0 Å². The SMILES string of the molecule is FCCO/N=C(\Cl)c1ccc(Cl)cc1. The third-order valence-corrected chi connectivity index (χ3v) is 1.93. The molecule has 0 heterocycles. The highest BCUT2D eigenvalue weighted by molar-refractivity contribution is 6.69. The molecule has 0 aromatic heterocycles. The molecular weight excluding hydrogens is 228 g/mol. The van der Waals surface area contributed by atoms with E-state index < -0.39 is 6.67 Å². The highest BCUT2D eigenvalue weighted by Crippen LogP contribution is 2.11. The molecule has 1 rings (SSSR count). The van der Waals surface area contributed by atoms with Gasteiger partial charge in [0.05, 0.1) is 0 Å². The average molecular weight is 236 g/mol. The normalized spacial score (nSPS) is 11.5. The van der Waals surface area contributed by atoms with Gasteiger partial charge in [-0.15, -0.1) is 0 Å². The number of hydrogen-bond acceptors (Lipinski definition) is 2. The number of nitrogens with zero attached hydrogens (tertiary/aromatic N) is 1. The van der Waals surface area contributed by atoms with Crippen molar-refractivity contribution in [3.63, 3.8) is 0 Å². The number of alkyl halides is 1. The summed E-state index contributed by atoms with van der Waals surface area (Å²) in [5, 5.41) is 4.30. The van der Waals surface area contributed by atoms with Crippen molar-refractivity contribution in [1.29, 1.82) is 0 Å². The van der Waals surface area contributed by atoms with E-state index in [4.69, 9.17) is 23.2 Å². The number of oxime groups is 1. The van der Waals surface area contributed by atoms with Crippen molar-refractivity contribution in [1.82, 2.24) is 0 Å². The van der Waals surface area contributed by atoms with Crippen molar-refractivity contribution in [3.05, 3.63) is 34.9 Å². The Balaban J connectivity index is 2.64. The Hall–Kier alpha value is -0.800. The van der Waals surface area contributed by atoms with E-state index in [0.717, 1.165) is 0 Å². The van der Waals surface area contributed by atoms with Crippen LogP contribution < -0.4 is 0 Å². The molecule has 0 atom stereocenters. The molecule has 0 saturated carbocycles. The summed E-state index contributed by atoms with van der Waals surface area (Å²) in [7, 11) is 0. The van der Waals surface area contributed by atoms with Crippen LogP contribution in [0.15, 0.2) is 29.4 Å². The minimum atomic E-state index is -0.589. The molecule has 0 saturated heterocycles. The first-order chi connectivity index (χ1) is 6.74. The first-order valence-electron chi connectivity index (χ1n) is 3.91. The molecule has 0 fully saturated rings. The van der Waals surface area contributed by atoms with Crippen LogP contribution in [0.1, 0.15) is 5.56 Å². The van der Waals surface area contributed by atoms with Crippen LogP contribution in [0.2, 0.25) is 5.02 Å². The first-order valence-corrected chi connectivity index (χ1v) is 4.67. The smallest absolute Gasteiger partial charge is 0.175 e. The monoisotopic (exact) mass is 235 g/mol. The lowest BCUT2D eigenvalue weighted by molar-refractivity contribution is 0.128. The summed E-state index contributed by atoms with van der Waals surface area (Å²) in [6.45, 7) is -0.682. The molecule has 0 amide bonds. The van der Waals surface area contributed by atoms with Gasteiger partial charge in [0.1, 0.15) is 13.3 Å². The predicted molar refractivity (Wildman–Crippen MR) is 55.8 cm³/mol. The molecule has 1 aromatic rings. The summed E-state index contributed by atoms with van der Waals surface area (Å²) in [5.74, 6) is 0. The fourth-order valence-electron chi connectivity index (χ4n) is 0.777. The van der Waals surface area contributed by atoms with E-state index in [-0.39, 0.29) is 11.8 Å². The molecular formula is C9H8Cl2FNO. The van der Waals surface area contributed by atoms with Crippen molar-refractivity contribution in [3.8, 4) is 0 Å². The van der Waals surface area contributed by atoms with Gasteiger partial charge in [-0.2, -0.15) is 0 Å². The molecule has 0 aliphatic carbocycles. The quantitative estimate of drug-likeness (QED) is 0.446. The Labute approximate surface area is 91.3 Å². The second-order valence-corrected chi connectivity index (χ2v) is 3.21. The lowest BCUT2D eigenvalue weighted by Crippen LogP contribution is -1.95. The molecule has 0 aliphatic rings. The Kier molecular flexibility index (Phi) is 4.70. The molecule has 0 radical (unpaired) electrons. The van der Waals surface area contributed by atoms with E-state index in [9.17, 15) is 4.39 Å². The molecule has 2 nitrogen and oxygen atoms in total. The molecule has 0 bridgehead atoms. The molecule has 14 heavy (non-hydrogen) atoms. The van der Waals surface area contributed by atoms with Crippen molar-refractivity contribution in [2.75, 3.05) is 13.3 Å². The summed E-state index contributed by atoms with van der Waals surface area (Å²) in [5.41, 5.74) is 0.676. The van der Waals surface area contributed by atoms with E-state index in [1.165, 1.54) is 0 Å². The molecule has 76 valence electrons. The zero-order chi connectivity index (χ0) is 10.4. The molecule has 5 heteroatoms. The number of rotatable bonds is 4. The minimum Gasteiger partial charge on any atom is -0.392 e. The van der Waals surface area contributed by atoms with E-state index in [1.54, 1.807) is 24.3 Å². The Morgan fingerprint density at radius 3 is 2.57 bits per heavy atom. The zero-order valence-corrected chi connectivity index (χ0v) is 8.72. The summed E-state index contributed by atoms with van der Waals surface area (Å²) >= 11 is 11.4. The maximum atomic E-state index is 11.6. The van der Waals surface area contributed by atoms with E-state index in [1.807, 2.05) is 0 Å². The van der Waals surface area contributed by atoms with Crippen LogP contribution in [0.3, 0.4) is 0 Å². The van der Waals surface area contributed by atoms with Gasteiger partial charge in [-0.05, 0) is 12.1 Å². The topological polar surface area (TPSA) is 21.6 Å². The summed E-state index contributed by atoms with van der Waals surface area (Å²) in [4.78, 5) is 4.58. The van der Waals surface area contributed by atoms with E-state index >= 15 is 0 Å². The Morgan fingerprint density at radius 2 is 2.00 bits per heavy atom. The number of benzene rings is 1. The summed E-state index contributed by atoms with van der Waals surface area (Å²) < 4.78 is 11.6. The van der Waals surface area contributed by atoms with Crippen LogP contribution in [0.4, 0.5) is 4.39 Å². The third-order valence-electron chi connectivity index (χ3n) is 1.40. The molecule has 0 aliphatic heterocycles. The van der Waals surface area contributed by atoms with E-state index in [0.29, 0.717) is 10.6 Å². The lowest BCUT2D eigenvalue weighted by atomic mass is 10.2. The molecule has 0 N–H and O–H groups in total. The summed E-state index contributed by atoms with van der Waals surface area (Å²) in [6.07, 6.45) is 0.